The van der Waals surface area contributed by atoms with E-state index in [0.717, 1.165) is 46.9 Å². The Morgan fingerprint density at radius 1 is 0.506 bits per heavy atom. The Bertz CT molecular complexity index is 4250. The Kier molecular flexibility index (Phi) is 11.1. The van der Waals surface area contributed by atoms with Crippen molar-refractivity contribution in [2.24, 2.45) is 5.41 Å². The Morgan fingerprint density at radius 3 is 1.83 bits per heavy atom. The molecule has 0 saturated heterocycles. The number of nitrogens with zero attached hydrogens (tertiary/aromatic N) is 2. The van der Waals surface area contributed by atoms with Gasteiger partial charge in [0, 0.05) is 50.0 Å². The van der Waals surface area contributed by atoms with Gasteiger partial charge in [-0.25, -0.2) is 0 Å². The highest BCUT2D eigenvalue weighted by Gasteiger charge is 2.58. The number of fused-ring (bicyclic) bond motifs is 13. The van der Waals surface area contributed by atoms with Crippen LogP contribution >= 0.6 is 0 Å². The summed E-state index contributed by atoms with van der Waals surface area (Å²) in [5.41, 5.74) is 31.0. The second-order valence-corrected chi connectivity index (χ2v) is 30.8. The third kappa shape index (κ3) is 7.29. The number of aryl methyl sites for hydroxylation is 3. The van der Waals surface area contributed by atoms with Crippen LogP contribution in [0.15, 0.2) is 144 Å². The molecule has 0 spiro atoms. The molecule has 3 nitrogen and oxygen atoms in total. The number of para-hydroxylation sites is 2. The van der Waals surface area contributed by atoms with Crippen molar-refractivity contribution in [1.29, 1.82) is 0 Å². The highest BCUT2D eigenvalue weighted by Crippen LogP contribution is 2.67. The van der Waals surface area contributed by atoms with E-state index in [2.05, 4.69) is 253 Å². The molecule has 1 saturated carbocycles. The van der Waals surface area contributed by atoms with Gasteiger partial charge in [-0.15, -0.1) is 0 Å². The van der Waals surface area contributed by atoms with Crippen LogP contribution in [0.5, 0.6) is 0 Å². The first-order valence-electron chi connectivity index (χ1n) is 31.7. The summed E-state index contributed by atoms with van der Waals surface area (Å²) < 4.78 is 7.11. The maximum atomic E-state index is 7.11. The van der Waals surface area contributed by atoms with E-state index in [-0.39, 0.29) is 44.6 Å². The van der Waals surface area contributed by atoms with Crippen LogP contribution in [0.2, 0.25) is 0 Å². The number of furan rings is 1. The molecule has 0 amide bonds. The Balaban J connectivity index is 0.981. The molecule has 0 N–H and O–H groups in total. The molecule has 9 aromatic rings. The maximum absolute atomic E-state index is 7.11. The fourth-order valence-corrected chi connectivity index (χ4v) is 18.1. The van der Waals surface area contributed by atoms with Crippen LogP contribution in [0.1, 0.15) is 208 Å². The lowest BCUT2D eigenvalue weighted by Gasteiger charge is -2.49. The summed E-state index contributed by atoms with van der Waals surface area (Å²) in [6.45, 7) is 36.9. The molecule has 1 fully saturated rings. The minimum atomic E-state index is -0.225. The molecule has 0 bridgehead atoms. The molecule has 15 rings (SSSR count). The first-order valence-corrected chi connectivity index (χ1v) is 31.7. The molecular weight excluding hydrogens is 1000 g/mol. The smallest absolute Gasteiger partial charge is 0.252 e. The van der Waals surface area contributed by atoms with Gasteiger partial charge in [0.1, 0.15) is 5.58 Å². The van der Waals surface area contributed by atoms with Gasteiger partial charge in [-0.1, -0.05) is 200 Å². The van der Waals surface area contributed by atoms with E-state index in [0.29, 0.717) is 5.92 Å². The highest BCUT2D eigenvalue weighted by molar-refractivity contribution is 7.00. The SMILES string of the molecule is Cc1cc2c3c(c1)N(c1cccc4c1oc1ccccc14)c1cc(CCC4c5ccc(C(C)(C)C)cc5C5(C)CCCCC45C)ccc1B3c1cc3c(cc1N2c1cc2c(cc1C)C(C)(C)CCC2(C)C)C(C)(C)c1ccccc1C3(C)C. The van der Waals surface area contributed by atoms with Crippen molar-refractivity contribution in [1.82, 2.24) is 0 Å². The third-order valence-corrected chi connectivity index (χ3v) is 23.3. The van der Waals surface area contributed by atoms with E-state index in [1.807, 2.05) is 0 Å². The quantitative estimate of drug-likeness (QED) is 0.160. The van der Waals surface area contributed by atoms with Crippen LogP contribution in [0.25, 0.3) is 21.9 Å². The van der Waals surface area contributed by atoms with Gasteiger partial charge in [-0.2, -0.15) is 0 Å². The molecule has 3 unspecified atom stereocenters. The first-order chi connectivity index (χ1) is 39.3. The van der Waals surface area contributed by atoms with Gasteiger partial charge < -0.3 is 14.2 Å². The van der Waals surface area contributed by atoms with Crippen LogP contribution in [0, 0.1) is 19.3 Å². The molecule has 420 valence electrons. The van der Waals surface area contributed by atoms with E-state index >= 15 is 0 Å². The number of rotatable bonds is 5. The first kappa shape index (κ1) is 53.0. The minimum absolute atomic E-state index is 0.0303. The maximum Gasteiger partial charge on any atom is 0.252 e. The zero-order chi connectivity index (χ0) is 57.9. The fraction of sp³-hybridized carbons (Fsp3) is 0.392. The van der Waals surface area contributed by atoms with Crippen LogP contribution in [0.3, 0.4) is 0 Å². The van der Waals surface area contributed by atoms with Gasteiger partial charge in [-0.05, 0) is 211 Å². The van der Waals surface area contributed by atoms with Crippen LogP contribution < -0.4 is 26.2 Å². The highest BCUT2D eigenvalue weighted by atomic mass is 16.3. The molecule has 3 heterocycles. The van der Waals surface area contributed by atoms with Crippen molar-refractivity contribution in [3.63, 3.8) is 0 Å². The summed E-state index contributed by atoms with van der Waals surface area (Å²) in [7, 11) is 0. The molecule has 8 aromatic carbocycles. The van der Waals surface area contributed by atoms with Gasteiger partial charge in [0.25, 0.3) is 6.71 Å². The van der Waals surface area contributed by atoms with E-state index < -0.39 is 0 Å². The van der Waals surface area contributed by atoms with Crippen molar-refractivity contribution in [2.75, 3.05) is 9.80 Å². The molecule has 4 aliphatic carbocycles. The zero-order valence-electron chi connectivity index (χ0n) is 52.4. The Hall–Kier alpha value is -6.78. The van der Waals surface area contributed by atoms with Crippen molar-refractivity contribution in [2.45, 2.75) is 194 Å². The molecule has 6 aliphatic rings. The largest absolute Gasteiger partial charge is 0.454 e. The fourth-order valence-electron chi connectivity index (χ4n) is 18.1. The summed E-state index contributed by atoms with van der Waals surface area (Å²) in [5.74, 6) is 0.489. The summed E-state index contributed by atoms with van der Waals surface area (Å²) in [6.07, 6.45) is 9.67. The van der Waals surface area contributed by atoms with E-state index in [4.69, 9.17) is 4.42 Å². The van der Waals surface area contributed by atoms with Crippen molar-refractivity contribution in [3.05, 3.63) is 206 Å². The number of hydrogen-bond donors (Lipinski definition) is 0. The van der Waals surface area contributed by atoms with Crippen molar-refractivity contribution >= 4 is 79.2 Å². The number of benzene rings is 8. The van der Waals surface area contributed by atoms with Crippen LogP contribution in [-0.2, 0) is 38.9 Å². The van der Waals surface area contributed by atoms with Gasteiger partial charge >= 0.3 is 0 Å². The molecule has 1 aromatic heterocycles. The average Bonchev–Trinajstić information content (AvgIpc) is 1.76. The molecular formula is C79H85BN2O. The second-order valence-electron chi connectivity index (χ2n) is 30.8. The molecule has 83 heavy (non-hydrogen) atoms. The summed E-state index contributed by atoms with van der Waals surface area (Å²) >= 11 is 0. The Labute approximate surface area is 496 Å². The Morgan fingerprint density at radius 2 is 1.12 bits per heavy atom. The third-order valence-electron chi connectivity index (χ3n) is 23.3. The standard InChI is InChI=1S/C79H85BN2O/c1-47-39-68-71-69(40-47)82(65-45-59-58(41-48(65)2)74(6,7)37-38-75(59,8)9)67-46-61-60(76(10,11)55-25-17-18-26-56(55)77(61,12)13)44-63(67)80(71)62-34-30-49(42-66(62)81(68)64-27-22-24-52-51-23-16-19-28-70(51)83-72(52)64)29-33-54-53-32-31-50(73(3,4)5)43-57(53)79(15)36-21-20-35-78(54,79)14/h16-19,22-28,30-32,34,39-46,54H,20-21,29,33,35-38H2,1-15H3. The van der Waals surface area contributed by atoms with E-state index in [1.54, 1.807) is 11.1 Å². The predicted octanol–water partition coefficient (Wildman–Crippen LogP) is 19.5. The second kappa shape index (κ2) is 17.4. The van der Waals surface area contributed by atoms with E-state index in [9.17, 15) is 0 Å². The number of hydrogen-bond acceptors (Lipinski definition) is 3. The average molecular weight is 1090 g/mol. The lowest BCUT2D eigenvalue weighted by molar-refractivity contribution is 0.0763. The summed E-state index contributed by atoms with van der Waals surface area (Å²) in [4.78, 5) is 5.37. The summed E-state index contributed by atoms with van der Waals surface area (Å²) in [6, 6.07) is 55.7. The lowest BCUT2D eigenvalue weighted by Crippen LogP contribution is -2.62. The summed E-state index contributed by atoms with van der Waals surface area (Å²) in [5, 5.41) is 2.30. The zero-order valence-corrected chi connectivity index (χ0v) is 52.4. The van der Waals surface area contributed by atoms with E-state index in [1.165, 1.54) is 133 Å². The van der Waals surface area contributed by atoms with Gasteiger partial charge in [0.05, 0.1) is 5.69 Å². The van der Waals surface area contributed by atoms with Gasteiger partial charge in [0.15, 0.2) is 5.58 Å². The van der Waals surface area contributed by atoms with Gasteiger partial charge in [0.2, 0.25) is 0 Å². The van der Waals surface area contributed by atoms with Crippen LogP contribution in [0.4, 0.5) is 34.1 Å². The minimum Gasteiger partial charge on any atom is -0.454 e. The molecule has 3 atom stereocenters. The monoisotopic (exact) mass is 1090 g/mol. The molecule has 2 aliphatic heterocycles. The normalized spacial score (nSPS) is 22.7. The van der Waals surface area contributed by atoms with Crippen molar-refractivity contribution < 1.29 is 4.42 Å². The van der Waals surface area contributed by atoms with Crippen molar-refractivity contribution in [3.8, 4) is 0 Å². The van der Waals surface area contributed by atoms with Gasteiger partial charge in [-0.3, -0.25) is 0 Å². The van der Waals surface area contributed by atoms with Crippen LogP contribution in [-0.4, -0.2) is 6.71 Å². The number of anilines is 6. The predicted molar refractivity (Wildman–Crippen MR) is 353 cm³/mol. The topological polar surface area (TPSA) is 19.6 Å². The lowest BCUT2D eigenvalue weighted by atomic mass is 9.33. The molecule has 4 heteroatoms. The molecule has 0 radical (unpaired) electrons.